The van der Waals surface area contributed by atoms with Crippen molar-refractivity contribution in [3.8, 4) is 5.75 Å². The number of ether oxygens (including phenoxy) is 1. The monoisotopic (exact) mass is 526 g/mol. The number of hydrogen-bond donors (Lipinski definition) is 2. The van der Waals surface area contributed by atoms with Crippen LogP contribution in [0.25, 0.3) is 0 Å². The molecule has 1 atom stereocenters. The molecular formula is C23H21Cl3N2O4S. The molecule has 0 aliphatic heterocycles. The van der Waals surface area contributed by atoms with E-state index in [9.17, 15) is 13.2 Å². The van der Waals surface area contributed by atoms with Crippen LogP contribution in [0.1, 0.15) is 12.5 Å². The highest BCUT2D eigenvalue weighted by molar-refractivity contribution is 7.89. The smallest absolute Gasteiger partial charge is 0.245 e. The van der Waals surface area contributed by atoms with E-state index in [-0.39, 0.29) is 33.7 Å². The molecule has 2 N–H and O–H groups in total. The molecule has 1 unspecified atom stereocenters. The van der Waals surface area contributed by atoms with Crippen LogP contribution < -0.4 is 14.8 Å². The van der Waals surface area contributed by atoms with Crippen molar-refractivity contribution >= 4 is 56.4 Å². The molecule has 0 spiro atoms. The van der Waals surface area contributed by atoms with Gasteiger partial charge in [-0.05, 0) is 55.3 Å². The van der Waals surface area contributed by atoms with E-state index in [4.69, 9.17) is 39.5 Å². The van der Waals surface area contributed by atoms with E-state index < -0.39 is 22.0 Å². The summed E-state index contributed by atoms with van der Waals surface area (Å²) < 4.78 is 34.5. The van der Waals surface area contributed by atoms with Crippen LogP contribution in [-0.2, 0) is 21.2 Å². The first-order valence-electron chi connectivity index (χ1n) is 9.94. The molecule has 33 heavy (non-hydrogen) atoms. The van der Waals surface area contributed by atoms with Crippen molar-refractivity contribution in [3.05, 3.63) is 87.4 Å². The van der Waals surface area contributed by atoms with Crippen LogP contribution in [0.3, 0.4) is 0 Å². The van der Waals surface area contributed by atoms with Gasteiger partial charge in [0.05, 0.1) is 17.3 Å². The zero-order valence-electron chi connectivity index (χ0n) is 17.5. The summed E-state index contributed by atoms with van der Waals surface area (Å²) in [6.07, 6.45) is 0.0989. The van der Waals surface area contributed by atoms with E-state index in [1.54, 1.807) is 43.3 Å². The first-order valence-corrected chi connectivity index (χ1v) is 12.6. The second kappa shape index (κ2) is 11.2. The van der Waals surface area contributed by atoms with Crippen LogP contribution in [-0.4, -0.2) is 27.0 Å². The maximum atomic E-state index is 13.3. The van der Waals surface area contributed by atoms with Gasteiger partial charge in [0.2, 0.25) is 15.9 Å². The van der Waals surface area contributed by atoms with Crippen molar-refractivity contribution in [3.63, 3.8) is 0 Å². The highest BCUT2D eigenvalue weighted by Gasteiger charge is 2.29. The molecule has 0 bridgehead atoms. The van der Waals surface area contributed by atoms with Gasteiger partial charge >= 0.3 is 0 Å². The SMILES string of the molecule is CCOc1ccc(Cl)cc1S(=O)(=O)NC(Cc1ccccc1)C(=O)Nc1ccc(Cl)cc1Cl. The van der Waals surface area contributed by atoms with Crippen LogP contribution in [0, 0.1) is 0 Å². The zero-order valence-corrected chi connectivity index (χ0v) is 20.6. The minimum atomic E-state index is -4.18. The second-order valence-electron chi connectivity index (χ2n) is 7.00. The molecule has 0 aromatic heterocycles. The van der Waals surface area contributed by atoms with Crippen molar-refractivity contribution in [1.82, 2.24) is 4.72 Å². The first kappa shape index (κ1) is 25.3. The third kappa shape index (κ3) is 6.85. The number of halogens is 3. The molecule has 3 rings (SSSR count). The van der Waals surface area contributed by atoms with Gasteiger partial charge in [0.25, 0.3) is 0 Å². The van der Waals surface area contributed by atoms with Gasteiger partial charge in [0.15, 0.2) is 0 Å². The third-order valence-electron chi connectivity index (χ3n) is 4.58. The molecule has 174 valence electrons. The lowest BCUT2D eigenvalue weighted by atomic mass is 10.1. The summed E-state index contributed by atoms with van der Waals surface area (Å²) in [7, 11) is -4.18. The highest BCUT2D eigenvalue weighted by atomic mass is 35.5. The number of carbonyl (C=O) groups excluding carboxylic acids is 1. The van der Waals surface area contributed by atoms with Crippen molar-refractivity contribution < 1.29 is 17.9 Å². The van der Waals surface area contributed by atoms with Crippen LogP contribution in [0.2, 0.25) is 15.1 Å². The number of anilines is 1. The molecule has 0 saturated carbocycles. The Kier molecular flexibility index (Phi) is 8.62. The zero-order chi connectivity index (χ0) is 24.0. The quantitative estimate of drug-likeness (QED) is 0.381. The Morgan fingerprint density at radius 3 is 2.30 bits per heavy atom. The molecule has 3 aromatic carbocycles. The maximum Gasteiger partial charge on any atom is 0.245 e. The van der Waals surface area contributed by atoms with Gasteiger partial charge < -0.3 is 10.1 Å². The van der Waals surface area contributed by atoms with E-state index >= 15 is 0 Å². The van der Waals surface area contributed by atoms with Crippen molar-refractivity contribution in [2.24, 2.45) is 0 Å². The van der Waals surface area contributed by atoms with E-state index in [0.29, 0.717) is 10.7 Å². The van der Waals surface area contributed by atoms with Gasteiger partial charge in [0, 0.05) is 10.0 Å². The summed E-state index contributed by atoms with van der Waals surface area (Å²) in [4.78, 5) is 13.0. The maximum absolute atomic E-state index is 13.3. The number of benzene rings is 3. The number of carbonyl (C=O) groups is 1. The molecule has 0 radical (unpaired) electrons. The minimum Gasteiger partial charge on any atom is -0.492 e. The average molecular weight is 528 g/mol. The van der Waals surface area contributed by atoms with E-state index in [1.165, 1.54) is 24.3 Å². The number of amides is 1. The summed E-state index contributed by atoms with van der Waals surface area (Å²) in [5, 5.41) is 3.52. The fourth-order valence-corrected chi connectivity index (χ4v) is 5.12. The number of sulfonamides is 1. The minimum absolute atomic E-state index is 0.0989. The van der Waals surface area contributed by atoms with Gasteiger partial charge in [-0.15, -0.1) is 0 Å². The predicted octanol–water partition coefficient (Wildman–Crippen LogP) is 5.57. The Bertz CT molecular complexity index is 1240. The van der Waals surface area contributed by atoms with Crippen molar-refractivity contribution in [1.29, 1.82) is 0 Å². The first-order chi connectivity index (χ1) is 15.7. The molecule has 0 fully saturated rings. The number of rotatable bonds is 9. The number of nitrogens with one attached hydrogen (secondary N) is 2. The average Bonchev–Trinajstić information content (AvgIpc) is 2.77. The highest BCUT2D eigenvalue weighted by Crippen LogP contribution is 2.28. The standard InChI is InChI=1S/C23H21Cl3N2O4S/c1-2-32-21-11-9-17(25)14-22(21)33(30,31)28-20(12-15-6-4-3-5-7-15)23(29)27-19-10-8-16(24)13-18(19)26/h3-11,13-14,20,28H,2,12H2,1H3,(H,27,29). The molecule has 3 aromatic rings. The molecule has 1 amide bonds. The predicted molar refractivity (Wildman–Crippen MR) is 132 cm³/mol. The Labute approximate surface area is 207 Å². The fraction of sp³-hybridized carbons (Fsp3) is 0.174. The third-order valence-corrected chi connectivity index (χ3v) is 6.86. The van der Waals surface area contributed by atoms with Gasteiger partial charge in [-0.25, -0.2) is 8.42 Å². The normalized spacial score (nSPS) is 12.2. The van der Waals surface area contributed by atoms with Crippen LogP contribution in [0.5, 0.6) is 5.75 Å². The summed E-state index contributed by atoms with van der Waals surface area (Å²) in [6.45, 7) is 1.99. The Morgan fingerprint density at radius 2 is 1.64 bits per heavy atom. The van der Waals surface area contributed by atoms with Gasteiger partial charge in [-0.3, -0.25) is 4.79 Å². The Balaban J connectivity index is 1.94. The summed E-state index contributed by atoms with van der Waals surface area (Å²) in [6, 6.07) is 16.8. The van der Waals surface area contributed by atoms with Crippen LogP contribution in [0.15, 0.2) is 71.6 Å². The molecule has 0 aliphatic rings. The van der Waals surface area contributed by atoms with E-state index in [2.05, 4.69) is 10.0 Å². The van der Waals surface area contributed by atoms with Gasteiger partial charge in [-0.2, -0.15) is 4.72 Å². The van der Waals surface area contributed by atoms with Crippen molar-refractivity contribution in [2.75, 3.05) is 11.9 Å². The summed E-state index contributed by atoms with van der Waals surface area (Å²) >= 11 is 18.1. The van der Waals surface area contributed by atoms with Gasteiger partial charge in [-0.1, -0.05) is 65.1 Å². The Morgan fingerprint density at radius 1 is 0.970 bits per heavy atom. The fourth-order valence-electron chi connectivity index (χ4n) is 3.07. The lowest BCUT2D eigenvalue weighted by Gasteiger charge is -2.20. The molecule has 6 nitrogen and oxygen atoms in total. The Hall–Kier alpha value is -2.29. The number of hydrogen-bond acceptors (Lipinski definition) is 4. The van der Waals surface area contributed by atoms with E-state index in [0.717, 1.165) is 5.56 Å². The largest absolute Gasteiger partial charge is 0.492 e. The topological polar surface area (TPSA) is 84.5 Å². The summed E-state index contributed by atoms with van der Waals surface area (Å²) in [5.74, 6) is -0.458. The molecular weight excluding hydrogens is 507 g/mol. The molecule has 0 heterocycles. The van der Waals surface area contributed by atoms with Crippen molar-refractivity contribution in [2.45, 2.75) is 24.3 Å². The molecule has 0 aliphatic carbocycles. The summed E-state index contributed by atoms with van der Waals surface area (Å²) in [5.41, 5.74) is 1.07. The van der Waals surface area contributed by atoms with Crippen LogP contribution >= 0.6 is 34.8 Å². The van der Waals surface area contributed by atoms with E-state index in [1.807, 2.05) is 6.07 Å². The molecule has 0 saturated heterocycles. The molecule has 10 heteroatoms. The second-order valence-corrected chi connectivity index (χ2v) is 9.96. The van der Waals surface area contributed by atoms with Gasteiger partial charge in [0.1, 0.15) is 16.7 Å². The lowest BCUT2D eigenvalue weighted by molar-refractivity contribution is -0.117. The van der Waals surface area contributed by atoms with Crippen LogP contribution in [0.4, 0.5) is 5.69 Å². The lowest BCUT2D eigenvalue weighted by Crippen LogP contribution is -2.45.